The lowest BCUT2D eigenvalue weighted by Crippen LogP contribution is -2.58. The molecule has 1 aromatic heterocycles. The summed E-state index contributed by atoms with van der Waals surface area (Å²) in [5.74, 6) is 4.67. The highest BCUT2D eigenvalue weighted by atomic mass is 16.5. The molecule has 6 fully saturated rings. The van der Waals surface area contributed by atoms with E-state index in [1.165, 1.54) is 51.4 Å². The largest absolute Gasteiger partial charge is 0.357 e. The van der Waals surface area contributed by atoms with Gasteiger partial charge in [0.25, 0.3) is 0 Å². The van der Waals surface area contributed by atoms with Crippen molar-refractivity contribution in [2.45, 2.75) is 123 Å². The molecule has 0 bridgehead atoms. The summed E-state index contributed by atoms with van der Waals surface area (Å²) < 4.78 is 7.08. The van der Waals surface area contributed by atoms with Crippen LogP contribution in [-0.4, -0.2) is 41.2 Å². The van der Waals surface area contributed by atoms with Gasteiger partial charge in [0.2, 0.25) is 11.8 Å². The van der Waals surface area contributed by atoms with Crippen LogP contribution in [0, 0.1) is 52.3 Å². The minimum atomic E-state index is -0.230. The summed E-state index contributed by atoms with van der Waals surface area (Å²) in [5.41, 5.74) is 1.60. The van der Waals surface area contributed by atoms with Crippen molar-refractivity contribution in [2.75, 3.05) is 6.54 Å². The number of ether oxygens (including phenoxy) is 1. The molecule has 2 amide bonds. The SMILES string of the molecule is C[C@@H]1CC[C@@]2(NC1)O[C@H]1C[C@H]3[C@@H]4CC[C@@H]5C[C@@H](NC(=O)CC(=O)NCc6cccnc6)CC[C@]5(C)[C@H]4CC[C@]3(C)[C@H]1[C@@H]2C. The van der Waals surface area contributed by atoms with E-state index >= 15 is 0 Å². The molecule has 2 aliphatic heterocycles. The van der Waals surface area contributed by atoms with Gasteiger partial charge in [-0.25, -0.2) is 0 Å². The minimum absolute atomic E-state index is 0.0841. The molecule has 7 rings (SSSR count). The zero-order chi connectivity index (χ0) is 30.0. The average molecular weight is 591 g/mol. The van der Waals surface area contributed by atoms with Gasteiger partial charge in [-0.3, -0.25) is 19.9 Å². The van der Waals surface area contributed by atoms with Crippen molar-refractivity contribution in [3.8, 4) is 0 Å². The highest BCUT2D eigenvalue weighted by molar-refractivity contribution is 5.96. The van der Waals surface area contributed by atoms with Crippen LogP contribution in [0.2, 0.25) is 0 Å². The van der Waals surface area contributed by atoms with Crippen LogP contribution in [0.4, 0.5) is 0 Å². The molecule has 236 valence electrons. The Hall–Kier alpha value is -1.99. The lowest BCUT2D eigenvalue weighted by atomic mass is 9.44. The summed E-state index contributed by atoms with van der Waals surface area (Å²) in [5, 5.41) is 9.99. The maximum atomic E-state index is 12.8. The van der Waals surface area contributed by atoms with E-state index in [0.29, 0.717) is 41.2 Å². The number of nitrogens with one attached hydrogen (secondary N) is 3. The van der Waals surface area contributed by atoms with Crippen LogP contribution < -0.4 is 16.0 Å². The van der Waals surface area contributed by atoms with Crippen LogP contribution >= 0.6 is 0 Å². The first-order valence-corrected chi connectivity index (χ1v) is 17.5. The summed E-state index contributed by atoms with van der Waals surface area (Å²) in [6.07, 6.45) is 16.0. The fourth-order valence-electron chi connectivity index (χ4n) is 11.8. The summed E-state index contributed by atoms with van der Waals surface area (Å²) >= 11 is 0. The fourth-order valence-corrected chi connectivity index (χ4v) is 11.8. The van der Waals surface area contributed by atoms with Crippen LogP contribution in [0.3, 0.4) is 0 Å². The zero-order valence-electron chi connectivity index (χ0n) is 26.9. The number of carbonyl (C=O) groups excluding carboxylic acids is 2. The molecule has 0 unspecified atom stereocenters. The van der Waals surface area contributed by atoms with Crippen LogP contribution in [0.1, 0.15) is 104 Å². The topological polar surface area (TPSA) is 92.4 Å². The predicted octanol–water partition coefficient (Wildman–Crippen LogP) is 5.59. The maximum absolute atomic E-state index is 12.8. The Labute approximate surface area is 258 Å². The molecule has 2 saturated heterocycles. The number of piperidine rings is 1. The van der Waals surface area contributed by atoms with E-state index in [1.54, 1.807) is 12.4 Å². The second-order valence-corrected chi connectivity index (χ2v) is 16.2. The second kappa shape index (κ2) is 11.1. The number of aromatic nitrogens is 1. The molecule has 1 spiro atoms. The second-order valence-electron chi connectivity index (χ2n) is 16.2. The number of amides is 2. The van der Waals surface area contributed by atoms with Crippen LogP contribution in [0.5, 0.6) is 0 Å². The monoisotopic (exact) mass is 590 g/mol. The summed E-state index contributed by atoms with van der Waals surface area (Å²) in [6, 6.07) is 3.96. The number of hydrogen-bond donors (Lipinski definition) is 3. The van der Waals surface area contributed by atoms with E-state index in [2.05, 4.69) is 48.6 Å². The third kappa shape index (κ3) is 5.05. The van der Waals surface area contributed by atoms with Crippen molar-refractivity contribution in [1.82, 2.24) is 20.9 Å². The normalized spacial score (nSPS) is 46.7. The van der Waals surface area contributed by atoms with Gasteiger partial charge >= 0.3 is 0 Å². The zero-order valence-corrected chi connectivity index (χ0v) is 26.9. The third-order valence-electron chi connectivity index (χ3n) is 14.0. The first-order valence-electron chi connectivity index (χ1n) is 17.5. The fraction of sp³-hybridized carbons (Fsp3) is 0.806. The molecule has 7 heteroatoms. The van der Waals surface area contributed by atoms with Crippen molar-refractivity contribution in [3.63, 3.8) is 0 Å². The molecule has 4 aliphatic carbocycles. The molecular formula is C36H54N4O3. The molecule has 12 atom stereocenters. The smallest absolute Gasteiger partial charge is 0.229 e. The van der Waals surface area contributed by atoms with E-state index in [9.17, 15) is 9.59 Å². The lowest BCUT2D eigenvalue weighted by Gasteiger charge is -2.61. The van der Waals surface area contributed by atoms with E-state index in [4.69, 9.17) is 4.74 Å². The first-order chi connectivity index (χ1) is 20.6. The van der Waals surface area contributed by atoms with Crippen LogP contribution in [-0.2, 0) is 20.9 Å². The quantitative estimate of drug-likeness (QED) is 0.389. The van der Waals surface area contributed by atoms with Gasteiger partial charge in [0, 0.05) is 37.4 Å². The summed E-state index contributed by atoms with van der Waals surface area (Å²) in [7, 11) is 0. The van der Waals surface area contributed by atoms with Gasteiger partial charge in [0.1, 0.15) is 12.1 Å². The Morgan fingerprint density at radius 3 is 2.60 bits per heavy atom. The van der Waals surface area contributed by atoms with Crippen molar-refractivity contribution in [2.24, 2.45) is 52.3 Å². The Balaban J connectivity index is 0.952. The van der Waals surface area contributed by atoms with Crippen molar-refractivity contribution >= 4 is 11.8 Å². The van der Waals surface area contributed by atoms with E-state index in [1.807, 2.05) is 12.1 Å². The Morgan fingerprint density at radius 1 is 1.00 bits per heavy atom. The average Bonchev–Trinajstić information content (AvgIpc) is 3.44. The predicted molar refractivity (Wildman–Crippen MR) is 166 cm³/mol. The standard InChI is InChI=1S/C36H54N4O3/c1-22-9-14-36(39-19-22)23(2)33-30(43-36)17-29-27-8-7-25-16-26(10-12-34(25,3)28(27)11-13-35(29,33)4)40-32(42)18-31(41)38-21-24-6-5-15-37-20-24/h5-6,15,20,22-23,25-30,33,39H,7-14,16-19,21H2,1-4H3,(H,38,41)(H,40,42)/t22-,23+,25-,26+,27-,28+,29+,30+,33+,34+,35+,36-/m1/s1. The van der Waals surface area contributed by atoms with Crippen LogP contribution in [0.15, 0.2) is 24.5 Å². The number of hydrogen-bond acceptors (Lipinski definition) is 5. The Morgan fingerprint density at radius 2 is 1.84 bits per heavy atom. The molecule has 7 nitrogen and oxygen atoms in total. The number of fused-ring (bicyclic) bond motifs is 7. The minimum Gasteiger partial charge on any atom is -0.357 e. The van der Waals surface area contributed by atoms with Gasteiger partial charge in [0.05, 0.1) is 6.10 Å². The van der Waals surface area contributed by atoms with Gasteiger partial charge in [-0.2, -0.15) is 0 Å². The molecule has 3 N–H and O–H groups in total. The first kappa shape index (κ1) is 29.7. The van der Waals surface area contributed by atoms with Gasteiger partial charge in [-0.1, -0.05) is 33.8 Å². The highest BCUT2D eigenvalue weighted by Crippen LogP contribution is 2.71. The molecule has 3 heterocycles. The van der Waals surface area contributed by atoms with Gasteiger partial charge in [-0.05, 0) is 122 Å². The van der Waals surface area contributed by atoms with E-state index < -0.39 is 0 Å². The number of nitrogens with zero attached hydrogens (tertiary/aromatic N) is 1. The lowest BCUT2D eigenvalue weighted by molar-refractivity contribution is -0.137. The molecular weight excluding hydrogens is 536 g/mol. The van der Waals surface area contributed by atoms with Crippen LogP contribution in [0.25, 0.3) is 0 Å². The number of pyridine rings is 1. The summed E-state index contributed by atoms with van der Waals surface area (Å²) in [6.45, 7) is 11.6. The van der Waals surface area contributed by atoms with E-state index in [0.717, 1.165) is 48.6 Å². The third-order valence-corrected chi connectivity index (χ3v) is 14.0. The number of carbonyl (C=O) groups is 2. The molecule has 1 aromatic rings. The van der Waals surface area contributed by atoms with Gasteiger partial charge < -0.3 is 15.4 Å². The molecule has 0 radical (unpaired) electrons. The molecule has 4 saturated carbocycles. The van der Waals surface area contributed by atoms with E-state index in [-0.39, 0.29) is 30.0 Å². The molecule has 43 heavy (non-hydrogen) atoms. The highest BCUT2D eigenvalue weighted by Gasteiger charge is 2.68. The molecule has 6 aliphatic rings. The Bertz CT molecular complexity index is 1200. The van der Waals surface area contributed by atoms with Crippen molar-refractivity contribution < 1.29 is 14.3 Å². The van der Waals surface area contributed by atoms with Crippen molar-refractivity contribution in [3.05, 3.63) is 30.1 Å². The number of rotatable bonds is 5. The van der Waals surface area contributed by atoms with Gasteiger partial charge in [-0.15, -0.1) is 0 Å². The van der Waals surface area contributed by atoms with Gasteiger partial charge in [0.15, 0.2) is 0 Å². The van der Waals surface area contributed by atoms with Crippen molar-refractivity contribution in [1.29, 1.82) is 0 Å². The molecule has 0 aromatic carbocycles. The maximum Gasteiger partial charge on any atom is 0.229 e. The summed E-state index contributed by atoms with van der Waals surface area (Å²) in [4.78, 5) is 29.3. The Kier molecular flexibility index (Phi) is 7.68.